The van der Waals surface area contributed by atoms with E-state index in [0.717, 1.165) is 25.9 Å². The normalized spacial score (nSPS) is 15.9. The van der Waals surface area contributed by atoms with Crippen LogP contribution in [0.4, 0.5) is 11.6 Å². The summed E-state index contributed by atoms with van der Waals surface area (Å²) < 4.78 is 24.6. The zero-order chi connectivity index (χ0) is 15.5. The lowest BCUT2D eigenvalue weighted by molar-refractivity contribution is 0.562. The van der Waals surface area contributed by atoms with E-state index in [0.29, 0.717) is 11.4 Å². The Morgan fingerprint density at radius 1 is 1.33 bits per heavy atom. The molecule has 0 bridgehead atoms. The van der Waals surface area contributed by atoms with Crippen LogP contribution in [0.25, 0.3) is 0 Å². The Balaban J connectivity index is 2.23. The largest absolute Gasteiger partial charge is 0.383 e. The van der Waals surface area contributed by atoms with E-state index >= 15 is 0 Å². The van der Waals surface area contributed by atoms with Gasteiger partial charge in [0, 0.05) is 18.8 Å². The highest BCUT2D eigenvalue weighted by Crippen LogP contribution is 2.26. The second kappa shape index (κ2) is 6.35. The van der Waals surface area contributed by atoms with Crippen molar-refractivity contribution in [2.45, 2.75) is 32.7 Å². The van der Waals surface area contributed by atoms with Crippen molar-refractivity contribution in [1.82, 2.24) is 9.78 Å². The summed E-state index contributed by atoms with van der Waals surface area (Å²) >= 11 is 0. The first kappa shape index (κ1) is 15.6. The molecule has 1 fully saturated rings. The van der Waals surface area contributed by atoms with Gasteiger partial charge in [-0.3, -0.25) is 0 Å². The zero-order valence-corrected chi connectivity index (χ0v) is 13.1. The Hall–Kier alpha value is -1.75. The monoisotopic (exact) mass is 311 g/mol. The van der Waals surface area contributed by atoms with Gasteiger partial charge >= 0.3 is 0 Å². The molecule has 1 saturated heterocycles. The fourth-order valence-electron chi connectivity index (χ4n) is 2.44. The molecule has 0 unspecified atom stereocenters. The minimum atomic E-state index is -3.08. The molecule has 0 saturated carbocycles. The van der Waals surface area contributed by atoms with Gasteiger partial charge in [0.15, 0.2) is 15.7 Å². The Kier molecular flexibility index (Phi) is 4.73. The molecular weight excluding hydrogens is 290 g/mol. The van der Waals surface area contributed by atoms with Crippen LogP contribution in [0.2, 0.25) is 0 Å². The van der Waals surface area contributed by atoms with Gasteiger partial charge in [-0.2, -0.15) is 10.4 Å². The van der Waals surface area contributed by atoms with Crippen molar-refractivity contribution in [3.05, 3.63) is 5.56 Å². The van der Waals surface area contributed by atoms with E-state index in [9.17, 15) is 13.7 Å². The number of aryl methyl sites for hydroxylation is 1. The van der Waals surface area contributed by atoms with Crippen LogP contribution in [0.5, 0.6) is 0 Å². The van der Waals surface area contributed by atoms with Gasteiger partial charge in [-0.25, -0.2) is 13.1 Å². The number of nitrogens with zero attached hydrogens (tertiary/aromatic N) is 4. The molecule has 1 aromatic rings. The van der Waals surface area contributed by atoms with Gasteiger partial charge in [0.1, 0.15) is 17.5 Å². The second-order valence-corrected chi connectivity index (χ2v) is 7.68. The molecule has 0 aromatic carbocycles. The third kappa shape index (κ3) is 3.47. The molecule has 0 spiro atoms. The van der Waals surface area contributed by atoms with E-state index in [2.05, 4.69) is 16.1 Å². The minimum Gasteiger partial charge on any atom is -0.383 e. The number of anilines is 2. The summed E-state index contributed by atoms with van der Waals surface area (Å²) in [6.07, 6.45) is 3.33. The van der Waals surface area contributed by atoms with Gasteiger partial charge in [-0.1, -0.05) is 6.92 Å². The van der Waals surface area contributed by atoms with Crippen LogP contribution in [-0.4, -0.2) is 42.8 Å². The zero-order valence-electron chi connectivity index (χ0n) is 12.2. The molecule has 2 rings (SSSR count). The Morgan fingerprint density at radius 2 is 2.00 bits per heavy atom. The average Bonchev–Trinajstić information content (AvgIpc) is 2.82. The van der Waals surface area contributed by atoms with Crippen molar-refractivity contribution in [3.63, 3.8) is 0 Å². The number of nitriles is 1. The molecule has 0 atom stereocenters. The quantitative estimate of drug-likeness (QED) is 0.860. The van der Waals surface area contributed by atoms with E-state index in [1.165, 1.54) is 11.1 Å². The van der Waals surface area contributed by atoms with Crippen molar-refractivity contribution in [1.29, 1.82) is 5.26 Å². The van der Waals surface area contributed by atoms with Crippen molar-refractivity contribution in [2.24, 2.45) is 0 Å². The number of nitrogens with two attached hydrogens (primary N) is 1. The van der Waals surface area contributed by atoms with Gasteiger partial charge in [0.05, 0.1) is 12.3 Å². The topological polar surface area (TPSA) is 105 Å². The van der Waals surface area contributed by atoms with Crippen molar-refractivity contribution in [3.8, 4) is 6.07 Å². The maximum Gasteiger partial charge on any atom is 0.170 e. The van der Waals surface area contributed by atoms with Crippen molar-refractivity contribution < 1.29 is 8.42 Å². The maximum absolute atomic E-state index is 11.6. The highest BCUT2D eigenvalue weighted by atomic mass is 32.2. The third-order valence-electron chi connectivity index (χ3n) is 3.79. The van der Waals surface area contributed by atoms with E-state index in [-0.39, 0.29) is 23.9 Å². The van der Waals surface area contributed by atoms with Crippen LogP contribution < -0.4 is 10.6 Å². The van der Waals surface area contributed by atoms with Gasteiger partial charge in [-0.15, -0.1) is 0 Å². The first-order valence-electron chi connectivity index (χ1n) is 7.20. The summed E-state index contributed by atoms with van der Waals surface area (Å²) in [5.74, 6) is 0.922. The van der Waals surface area contributed by atoms with E-state index in [1.54, 1.807) is 6.92 Å². The predicted molar refractivity (Wildman–Crippen MR) is 81.7 cm³/mol. The summed E-state index contributed by atoms with van der Waals surface area (Å²) in [6.45, 7) is 3.52. The molecular formula is C13H21N5O2S. The fourth-order valence-corrected chi connectivity index (χ4v) is 3.18. The lowest BCUT2D eigenvalue weighted by atomic mass is 10.1. The number of sulfone groups is 1. The summed E-state index contributed by atoms with van der Waals surface area (Å²) in [5.41, 5.74) is 6.30. The average molecular weight is 311 g/mol. The SMILES string of the molecule is CCS(=O)(=O)CCn1nc(N2CCCCC2)c(C#N)c1N. The smallest absolute Gasteiger partial charge is 0.170 e. The van der Waals surface area contributed by atoms with E-state index in [1.807, 2.05) is 0 Å². The Labute approximate surface area is 125 Å². The second-order valence-electron chi connectivity index (χ2n) is 5.20. The van der Waals surface area contributed by atoms with Gasteiger partial charge < -0.3 is 10.6 Å². The third-order valence-corrected chi connectivity index (χ3v) is 5.48. The van der Waals surface area contributed by atoms with E-state index in [4.69, 9.17) is 5.73 Å². The molecule has 1 aliphatic heterocycles. The molecule has 8 heteroatoms. The molecule has 0 radical (unpaired) electrons. The summed E-state index contributed by atoms with van der Waals surface area (Å²) in [7, 11) is -3.08. The predicted octanol–water partition coefficient (Wildman–Crippen LogP) is 0.762. The number of hydrogen-bond acceptors (Lipinski definition) is 6. The maximum atomic E-state index is 11.6. The summed E-state index contributed by atoms with van der Waals surface area (Å²) in [6, 6.07) is 2.09. The van der Waals surface area contributed by atoms with Crippen molar-refractivity contribution in [2.75, 3.05) is 35.2 Å². The molecule has 1 aliphatic rings. The molecule has 2 heterocycles. The van der Waals surface area contributed by atoms with Gasteiger partial charge in [0.2, 0.25) is 0 Å². The number of nitrogen functional groups attached to an aromatic ring is 1. The number of rotatable bonds is 5. The summed E-state index contributed by atoms with van der Waals surface area (Å²) in [5, 5.41) is 13.7. The number of aromatic nitrogens is 2. The van der Waals surface area contributed by atoms with Crippen LogP contribution in [0.1, 0.15) is 31.7 Å². The lowest BCUT2D eigenvalue weighted by Crippen LogP contribution is -2.30. The highest BCUT2D eigenvalue weighted by Gasteiger charge is 2.22. The lowest BCUT2D eigenvalue weighted by Gasteiger charge is -2.26. The van der Waals surface area contributed by atoms with E-state index < -0.39 is 9.84 Å². The molecule has 21 heavy (non-hydrogen) atoms. The minimum absolute atomic E-state index is 0.0142. The van der Waals surface area contributed by atoms with Gasteiger partial charge in [0.25, 0.3) is 0 Å². The van der Waals surface area contributed by atoms with Gasteiger partial charge in [-0.05, 0) is 19.3 Å². The Bertz CT molecular complexity index is 638. The van der Waals surface area contributed by atoms with Crippen LogP contribution in [-0.2, 0) is 16.4 Å². The fraction of sp³-hybridized carbons (Fsp3) is 0.692. The van der Waals surface area contributed by atoms with Crippen LogP contribution >= 0.6 is 0 Å². The molecule has 0 amide bonds. The molecule has 116 valence electrons. The highest BCUT2D eigenvalue weighted by molar-refractivity contribution is 7.91. The van der Waals surface area contributed by atoms with Crippen LogP contribution in [0, 0.1) is 11.3 Å². The standard InChI is InChI=1S/C13H21N5O2S/c1-2-21(19,20)9-8-18-12(15)11(10-14)13(16-18)17-6-4-3-5-7-17/h2-9,15H2,1H3. The number of piperidine rings is 1. The van der Waals surface area contributed by atoms with Crippen LogP contribution in [0.15, 0.2) is 0 Å². The summed E-state index contributed by atoms with van der Waals surface area (Å²) in [4.78, 5) is 2.06. The molecule has 1 aromatic heterocycles. The number of hydrogen-bond donors (Lipinski definition) is 1. The molecule has 7 nitrogen and oxygen atoms in total. The molecule has 0 aliphatic carbocycles. The molecule has 2 N–H and O–H groups in total. The first-order chi connectivity index (χ1) is 9.98. The van der Waals surface area contributed by atoms with Crippen LogP contribution in [0.3, 0.4) is 0 Å². The Morgan fingerprint density at radius 3 is 2.57 bits per heavy atom. The first-order valence-corrected chi connectivity index (χ1v) is 9.02. The van der Waals surface area contributed by atoms with Crippen molar-refractivity contribution >= 4 is 21.5 Å².